The van der Waals surface area contributed by atoms with Gasteiger partial charge in [0.2, 0.25) is 0 Å². The van der Waals surface area contributed by atoms with E-state index in [1.807, 2.05) is 0 Å². The van der Waals surface area contributed by atoms with Crippen LogP contribution < -0.4 is 0 Å². The minimum Gasteiger partial charge on any atom is -0.478 e. The molecule has 0 aromatic heterocycles. The molecule has 2 N–H and O–H groups in total. The molecular weight excluding hydrogens is 243 g/mol. The molecule has 0 atom stereocenters. The molecule has 0 aliphatic carbocycles. The van der Waals surface area contributed by atoms with Gasteiger partial charge >= 0.3 is 5.97 Å². The monoisotopic (exact) mass is 248 g/mol. The van der Waals surface area contributed by atoms with Crippen LogP contribution in [0, 0.1) is 5.82 Å². The van der Waals surface area contributed by atoms with Crippen LogP contribution in [0.5, 0.6) is 0 Å². The third-order valence-electron chi connectivity index (χ3n) is 1.54. The fourth-order valence-electron chi connectivity index (χ4n) is 0.873. The van der Waals surface area contributed by atoms with E-state index >= 15 is 0 Å². The van der Waals surface area contributed by atoms with Crippen molar-refractivity contribution in [3.8, 4) is 0 Å². The maximum absolute atomic E-state index is 12.9. The number of rotatable bonds is 2. The molecule has 0 saturated heterocycles. The van der Waals surface area contributed by atoms with Crippen molar-refractivity contribution in [2.24, 2.45) is 0 Å². The fraction of sp³-hybridized carbons (Fsp3) is 0.125. The van der Waals surface area contributed by atoms with E-state index in [-0.39, 0.29) is 15.6 Å². The summed E-state index contributed by atoms with van der Waals surface area (Å²) in [5.41, 5.74) is -0.0911. The lowest BCUT2D eigenvalue weighted by atomic mass is 10.1. The second-order valence-electron chi connectivity index (χ2n) is 2.39. The normalized spacial score (nSPS) is 10.1. The molecule has 0 radical (unpaired) electrons. The number of carbonyl (C=O) groups is 1. The topological polar surface area (TPSA) is 57.5 Å². The Balaban J connectivity index is 3.28. The standard InChI is InChI=1S/C8H6BrFO3/c9-6-1-4(3-11)7(10)2-5(6)8(12)13/h1-2,11H,3H2,(H,12,13). The highest BCUT2D eigenvalue weighted by Gasteiger charge is 2.12. The van der Waals surface area contributed by atoms with Crippen LogP contribution in [0.25, 0.3) is 0 Å². The number of aliphatic hydroxyl groups excluding tert-OH is 1. The third-order valence-corrected chi connectivity index (χ3v) is 2.19. The van der Waals surface area contributed by atoms with Crippen LogP contribution in [0.1, 0.15) is 15.9 Å². The molecule has 0 spiro atoms. The molecule has 0 aliphatic heterocycles. The summed E-state index contributed by atoms with van der Waals surface area (Å²) >= 11 is 2.96. The van der Waals surface area contributed by atoms with Crippen LogP contribution in [0.4, 0.5) is 4.39 Å². The maximum Gasteiger partial charge on any atom is 0.336 e. The SMILES string of the molecule is O=C(O)c1cc(F)c(CO)cc1Br. The van der Waals surface area contributed by atoms with Gasteiger partial charge in [0.25, 0.3) is 0 Å². The van der Waals surface area contributed by atoms with E-state index < -0.39 is 18.4 Å². The number of hydrogen-bond acceptors (Lipinski definition) is 2. The van der Waals surface area contributed by atoms with Crippen LogP contribution in [0.15, 0.2) is 16.6 Å². The average Bonchev–Trinajstić information content (AvgIpc) is 2.07. The summed E-state index contributed by atoms with van der Waals surface area (Å²) in [5, 5.41) is 17.3. The van der Waals surface area contributed by atoms with Crippen LogP contribution in [-0.4, -0.2) is 16.2 Å². The molecular formula is C8H6BrFO3. The zero-order valence-corrected chi connectivity index (χ0v) is 8.01. The van der Waals surface area contributed by atoms with E-state index in [4.69, 9.17) is 10.2 Å². The summed E-state index contributed by atoms with van der Waals surface area (Å²) in [7, 11) is 0. The van der Waals surface area contributed by atoms with Crippen molar-refractivity contribution in [1.29, 1.82) is 0 Å². The zero-order chi connectivity index (χ0) is 10.0. The van der Waals surface area contributed by atoms with Crippen LogP contribution in [0.3, 0.4) is 0 Å². The lowest BCUT2D eigenvalue weighted by molar-refractivity contribution is 0.0695. The number of halogens is 2. The quantitative estimate of drug-likeness (QED) is 0.839. The molecule has 70 valence electrons. The maximum atomic E-state index is 12.9. The Morgan fingerprint density at radius 3 is 2.62 bits per heavy atom. The largest absolute Gasteiger partial charge is 0.478 e. The second kappa shape index (κ2) is 3.85. The summed E-state index contributed by atoms with van der Waals surface area (Å²) < 4.78 is 13.2. The van der Waals surface area contributed by atoms with E-state index in [0.717, 1.165) is 6.07 Å². The molecule has 0 amide bonds. The number of aliphatic hydroxyl groups is 1. The minimum absolute atomic E-state index is 0.0666. The number of carboxylic acid groups (broad SMARTS) is 1. The van der Waals surface area contributed by atoms with Gasteiger partial charge in [-0.25, -0.2) is 9.18 Å². The lowest BCUT2D eigenvalue weighted by Crippen LogP contribution is -2.01. The van der Waals surface area contributed by atoms with E-state index in [2.05, 4.69) is 15.9 Å². The van der Waals surface area contributed by atoms with Crippen molar-refractivity contribution in [1.82, 2.24) is 0 Å². The van der Waals surface area contributed by atoms with Gasteiger partial charge in [0, 0.05) is 10.0 Å². The minimum atomic E-state index is -1.21. The molecule has 1 rings (SSSR count). The first-order valence-corrected chi connectivity index (χ1v) is 4.17. The molecule has 0 fully saturated rings. The lowest BCUT2D eigenvalue weighted by Gasteiger charge is -2.03. The van der Waals surface area contributed by atoms with Gasteiger partial charge in [-0.05, 0) is 28.1 Å². The summed E-state index contributed by atoms with van der Waals surface area (Å²) in [5.74, 6) is -1.93. The Hall–Kier alpha value is -0.940. The average molecular weight is 249 g/mol. The Morgan fingerprint density at radius 1 is 1.54 bits per heavy atom. The van der Waals surface area contributed by atoms with Gasteiger partial charge in [0.05, 0.1) is 12.2 Å². The highest BCUT2D eigenvalue weighted by atomic mass is 79.9. The van der Waals surface area contributed by atoms with Crippen molar-refractivity contribution in [2.45, 2.75) is 6.61 Å². The van der Waals surface area contributed by atoms with Gasteiger partial charge < -0.3 is 10.2 Å². The van der Waals surface area contributed by atoms with Crippen LogP contribution in [0.2, 0.25) is 0 Å². The predicted octanol–water partition coefficient (Wildman–Crippen LogP) is 1.78. The van der Waals surface area contributed by atoms with Gasteiger partial charge in [0.1, 0.15) is 5.82 Å². The highest BCUT2D eigenvalue weighted by molar-refractivity contribution is 9.10. The first-order valence-electron chi connectivity index (χ1n) is 3.38. The van der Waals surface area contributed by atoms with Gasteiger partial charge in [-0.15, -0.1) is 0 Å². The number of hydrogen-bond donors (Lipinski definition) is 2. The molecule has 13 heavy (non-hydrogen) atoms. The number of aromatic carboxylic acids is 1. The first kappa shape index (κ1) is 10.1. The van der Waals surface area contributed by atoms with Crippen molar-refractivity contribution >= 4 is 21.9 Å². The Labute approximate surface area is 81.9 Å². The number of carboxylic acids is 1. The van der Waals surface area contributed by atoms with Crippen molar-refractivity contribution in [3.63, 3.8) is 0 Å². The summed E-state index contributed by atoms with van der Waals surface area (Å²) in [6.45, 7) is -0.454. The molecule has 0 aliphatic rings. The third kappa shape index (κ3) is 2.05. The van der Waals surface area contributed by atoms with Crippen molar-refractivity contribution < 1.29 is 19.4 Å². The molecule has 0 bridgehead atoms. The second-order valence-corrected chi connectivity index (χ2v) is 3.24. The Kier molecular flexibility index (Phi) is 3.00. The first-order chi connectivity index (χ1) is 6.06. The van der Waals surface area contributed by atoms with E-state index in [0.29, 0.717) is 0 Å². The predicted molar refractivity (Wildman–Crippen MR) is 47.0 cm³/mol. The van der Waals surface area contributed by atoms with Gasteiger partial charge in [-0.3, -0.25) is 0 Å². The Bertz CT molecular complexity index is 351. The van der Waals surface area contributed by atoms with E-state index in [9.17, 15) is 9.18 Å². The van der Waals surface area contributed by atoms with Crippen LogP contribution >= 0.6 is 15.9 Å². The molecule has 0 saturated carbocycles. The van der Waals surface area contributed by atoms with Crippen LogP contribution in [-0.2, 0) is 6.61 Å². The van der Waals surface area contributed by atoms with Gasteiger partial charge in [-0.1, -0.05) is 0 Å². The molecule has 0 unspecified atom stereocenters. The fourth-order valence-corrected chi connectivity index (χ4v) is 1.43. The van der Waals surface area contributed by atoms with Crippen molar-refractivity contribution in [3.05, 3.63) is 33.5 Å². The number of benzene rings is 1. The summed E-state index contributed by atoms with van der Waals surface area (Å²) in [4.78, 5) is 10.5. The molecule has 0 heterocycles. The zero-order valence-electron chi connectivity index (χ0n) is 6.42. The molecule has 5 heteroatoms. The van der Waals surface area contributed by atoms with Gasteiger partial charge in [-0.2, -0.15) is 0 Å². The summed E-state index contributed by atoms with van der Waals surface area (Å²) in [6, 6.07) is 2.12. The Morgan fingerprint density at radius 2 is 2.15 bits per heavy atom. The summed E-state index contributed by atoms with van der Waals surface area (Å²) in [6.07, 6.45) is 0. The molecule has 3 nitrogen and oxygen atoms in total. The molecule has 1 aromatic carbocycles. The van der Waals surface area contributed by atoms with Gasteiger partial charge in [0.15, 0.2) is 0 Å². The van der Waals surface area contributed by atoms with E-state index in [1.54, 1.807) is 0 Å². The highest BCUT2D eigenvalue weighted by Crippen LogP contribution is 2.21. The van der Waals surface area contributed by atoms with Crippen molar-refractivity contribution in [2.75, 3.05) is 0 Å². The van der Waals surface area contributed by atoms with E-state index in [1.165, 1.54) is 6.07 Å². The smallest absolute Gasteiger partial charge is 0.336 e. The molecule has 1 aromatic rings.